The predicted molar refractivity (Wildman–Crippen MR) is 68.3 cm³/mol. The third kappa shape index (κ3) is 1.49. The van der Waals surface area contributed by atoms with Gasteiger partial charge in [0.15, 0.2) is 0 Å². The molecule has 2 aromatic rings. The number of hydrogen-bond acceptors (Lipinski definition) is 2. The summed E-state index contributed by atoms with van der Waals surface area (Å²) in [5.41, 5.74) is 2.77. The van der Waals surface area contributed by atoms with Gasteiger partial charge >= 0.3 is 0 Å². The highest BCUT2D eigenvalue weighted by atomic mass is 16.5. The standard InChI is InChI=1S/C14H18N2O/c1-10(2)12-7-16(14(3)8-17-9-14)13-4-5-15-6-11(12)13/h4-7,10H,8-9H2,1-3H3. The van der Waals surface area contributed by atoms with E-state index in [1.165, 1.54) is 16.5 Å². The van der Waals surface area contributed by atoms with Gasteiger partial charge < -0.3 is 9.30 Å². The van der Waals surface area contributed by atoms with Crippen LogP contribution in [0, 0.1) is 0 Å². The van der Waals surface area contributed by atoms with Crippen molar-refractivity contribution in [3.63, 3.8) is 0 Å². The first-order valence-electron chi connectivity index (χ1n) is 6.15. The third-order valence-electron chi connectivity index (χ3n) is 3.67. The van der Waals surface area contributed by atoms with Gasteiger partial charge in [-0.05, 0) is 24.5 Å². The number of aromatic nitrogens is 2. The molecule has 0 aromatic carbocycles. The SMILES string of the molecule is CC(C)c1cn(C2(C)COC2)c2ccncc12. The number of pyridine rings is 1. The molecule has 0 N–H and O–H groups in total. The van der Waals surface area contributed by atoms with Crippen LogP contribution in [-0.4, -0.2) is 22.8 Å². The summed E-state index contributed by atoms with van der Waals surface area (Å²) < 4.78 is 7.74. The van der Waals surface area contributed by atoms with Crippen molar-refractivity contribution in [3.8, 4) is 0 Å². The summed E-state index contributed by atoms with van der Waals surface area (Å²) in [6, 6.07) is 2.10. The fourth-order valence-corrected chi connectivity index (χ4v) is 2.54. The van der Waals surface area contributed by atoms with Crippen molar-refractivity contribution in [1.29, 1.82) is 0 Å². The van der Waals surface area contributed by atoms with Gasteiger partial charge in [-0.1, -0.05) is 13.8 Å². The van der Waals surface area contributed by atoms with Gasteiger partial charge in [0.05, 0.1) is 24.3 Å². The van der Waals surface area contributed by atoms with E-state index in [0.29, 0.717) is 5.92 Å². The average molecular weight is 230 g/mol. The second-order valence-corrected chi connectivity index (χ2v) is 5.49. The first-order valence-corrected chi connectivity index (χ1v) is 6.15. The van der Waals surface area contributed by atoms with Crippen molar-refractivity contribution in [2.75, 3.05) is 13.2 Å². The van der Waals surface area contributed by atoms with Crippen LogP contribution in [0.3, 0.4) is 0 Å². The number of nitrogens with zero attached hydrogens (tertiary/aromatic N) is 2. The summed E-state index contributed by atoms with van der Waals surface area (Å²) in [7, 11) is 0. The van der Waals surface area contributed by atoms with Crippen molar-refractivity contribution in [3.05, 3.63) is 30.2 Å². The molecule has 0 amide bonds. The summed E-state index contributed by atoms with van der Waals surface area (Å²) in [5, 5.41) is 1.27. The van der Waals surface area contributed by atoms with Gasteiger partial charge in [0, 0.05) is 24.0 Å². The average Bonchev–Trinajstić information content (AvgIpc) is 2.66. The molecule has 0 atom stereocenters. The van der Waals surface area contributed by atoms with E-state index in [9.17, 15) is 0 Å². The van der Waals surface area contributed by atoms with Gasteiger partial charge in [0.25, 0.3) is 0 Å². The summed E-state index contributed by atoms with van der Waals surface area (Å²) in [6.45, 7) is 8.31. The zero-order chi connectivity index (χ0) is 12.0. The van der Waals surface area contributed by atoms with Gasteiger partial charge in [0.2, 0.25) is 0 Å². The minimum absolute atomic E-state index is 0.118. The van der Waals surface area contributed by atoms with Crippen molar-refractivity contribution in [1.82, 2.24) is 9.55 Å². The maximum absolute atomic E-state index is 5.37. The van der Waals surface area contributed by atoms with Crippen molar-refractivity contribution in [2.45, 2.75) is 32.2 Å². The van der Waals surface area contributed by atoms with Crippen LogP contribution >= 0.6 is 0 Å². The van der Waals surface area contributed by atoms with E-state index in [-0.39, 0.29) is 5.54 Å². The Balaban J connectivity index is 2.25. The van der Waals surface area contributed by atoms with E-state index in [1.807, 2.05) is 12.4 Å². The quantitative estimate of drug-likeness (QED) is 0.793. The molecule has 0 aliphatic carbocycles. The Kier molecular flexibility index (Phi) is 2.26. The molecular weight excluding hydrogens is 212 g/mol. The van der Waals surface area contributed by atoms with Gasteiger partial charge in [0.1, 0.15) is 0 Å². The lowest BCUT2D eigenvalue weighted by Crippen LogP contribution is -2.48. The lowest BCUT2D eigenvalue weighted by Gasteiger charge is -2.40. The maximum atomic E-state index is 5.37. The lowest BCUT2D eigenvalue weighted by molar-refractivity contribution is -0.0874. The fraction of sp³-hybridized carbons (Fsp3) is 0.500. The number of hydrogen-bond donors (Lipinski definition) is 0. The monoisotopic (exact) mass is 230 g/mol. The van der Waals surface area contributed by atoms with Gasteiger partial charge in [-0.15, -0.1) is 0 Å². The highest BCUT2D eigenvalue weighted by molar-refractivity contribution is 5.83. The Labute approximate surface area is 101 Å². The molecule has 1 aliphatic heterocycles. The fourth-order valence-electron chi connectivity index (χ4n) is 2.54. The molecule has 3 heterocycles. The molecule has 3 nitrogen and oxygen atoms in total. The Hall–Kier alpha value is -1.35. The van der Waals surface area contributed by atoms with E-state index in [0.717, 1.165) is 13.2 Å². The first-order chi connectivity index (χ1) is 8.12. The second-order valence-electron chi connectivity index (χ2n) is 5.49. The molecule has 1 fully saturated rings. The van der Waals surface area contributed by atoms with Crippen LogP contribution in [0.4, 0.5) is 0 Å². The summed E-state index contributed by atoms with van der Waals surface area (Å²) >= 11 is 0. The number of fused-ring (bicyclic) bond motifs is 1. The van der Waals surface area contributed by atoms with Gasteiger partial charge in [-0.25, -0.2) is 0 Å². The van der Waals surface area contributed by atoms with Crippen LogP contribution in [0.2, 0.25) is 0 Å². The molecule has 0 unspecified atom stereocenters. The van der Waals surface area contributed by atoms with Crippen molar-refractivity contribution < 1.29 is 4.74 Å². The molecular formula is C14H18N2O. The number of rotatable bonds is 2. The zero-order valence-corrected chi connectivity index (χ0v) is 10.6. The Morgan fingerprint density at radius 2 is 2.18 bits per heavy atom. The molecule has 1 aliphatic rings. The zero-order valence-electron chi connectivity index (χ0n) is 10.6. The van der Waals surface area contributed by atoms with Crippen LogP contribution in [0.25, 0.3) is 10.9 Å². The lowest BCUT2D eigenvalue weighted by atomic mass is 10.0. The van der Waals surface area contributed by atoms with E-state index in [2.05, 4.69) is 42.6 Å². The summed E-state index contributed by atoms with van der Waals surface area (Å²) in [5.74, 6) is 0.521. The predicted octanol–water partition coefficient (Wildman–Crippen LogP) is 2.91. The topological polar surface area (TPSA) is 27.1 Å². The minimum Gasteiger partial charge on any atom is -0.376 e. The van der Waals surface area contributed by atoms with Crippen LogP contribution in [0.15, 0.2) is 24.7 Å². The second kappa shape index (κ2) is 3.57. The Bertz CT molecular complexity index is 552. The normalized spacial score (nSPS) is 18.6. The summed E-state index contributed by atoms with van der Waals surface area (Å²) in [4.78, 5) is 4.25. The highest BCUT2D eigenvalue weighted by Crippen LogP contribution is 2.34. The van der Waals surface area contributed by atoms with E-state index >= 15 is 0 Å². The molecule has 0 spiro atoms. The molecule has 1 saturated heterocycles. The van der Waals surface area contributed by atoms with Crippen molar-refractivity contribution >= 4 is 10.9 Å². The summed E-state index contributed by atoms with van der Waals surface area (Å²) in [6.07, 6.45) is 6.12. The van der Waals surface area contributed by atoms with Crippen LogP contribution in [0.5, 0.6) is 0 Å². The first kappa shape index (κ1) is 10.8. The van der Waals surface area contributed by atoms with Crippen LogP contribution < -0.4 is 0 Å². The van der Waals surface area contributed by atoms with Gasteiger partial charge in [-0.3, -0.25) is 4.98 Å². The molecule has 3 heteroatoms. The molecule has 0 bridgehead atoms. The van der Waals surface area contributed by atoms with Gasteiger partial charge in [-0.2, -0.15) is 0 Å². The van der Waals surface area contributed by atoms with Crippen molar-refractivity contribution in [2.24, 2.45) is 0 Å². The smallest absolute Gasteiger partial charge is 0.0883 e. The minimum atomic E-state index is 0.118. The molecule has 0 saturated carbocycles. The molecule has 3 rings (SSSR count). The van der Waals surface area contributed by atoms with E-state index < -0.39 is 0 Å². The molecule has 17 heavy (non-hydrogen) atoms. The maximum Gasteiger partial charge on any atom is 0.0883 e. The highest BCUT2D eigenvalue weighted by Gasteiger charge is 2.36. The number of ether oxygens (including phenoxy) is 1. The Morgan fingerprint density at radius 1 is 1.41 bits per heavy atom. The molecule has 0 radical (unpaired) electrons. The van der Waals surface area contributed by atoms with E-state index in [1.54, 1.807) is 0 Å². The van der Waals surface area contributed by atoms with Crippen LogP contribution in [-0.2, 0) is 10.3 Å². The third-order valence-corrected chi connectivity index (χ3v) is 3.67. The van der Waals surface area contributed by atoms with Crippen LogP contribution in [0.1, 0.15) is 32.3 Å². The molecule has 90 valence electrons. The van der Waals surface area contributed by atoms with E-state index in [4.69, 9.17) is 4.74 Å². The largest absolute Gasteiger partial charge is 0.376 e. The molecule has 2 aromatic heterocycles. The Morgan fingerprint density at radius 3 is 2.76 bits per heavy atom.